The van der Waals surface area contributed by atoms with Crippen LogP contribution in [0.1, 0.15) is 41.1 Å². The number of hydrogen-bond acceptors (Lipinski definition) is 4. The van der Waals surface area contributed by atoms with Crippen LogP contribution in [0.2, 0.25) is 0 Å². The van der Waals surface area contributed by atoms with E-state index < -0.39 is 6.10 Å². The van der Waals surface area contributed by atoms with Gasteiger partial charge in [0.05, 0.1) is 16.7 Å². The zero-order chi connectivity index (χ0) is 13.0. The number of aliphatic hydroxyl groups is 1. The molecule has 0 radical (unpaired) electrons. The predicted molar refractivity (Wildman–Crippen MR) is 73.7 cm³/mol. The van der Waals surface area contributed by atoms with E-state index in [-0.39, 0.29) is 0 Å². The molecule has 4 heteroatoms. The highest BCUT2D eigenvalue weighted by Crippen LogP contribution is 2.24. The molecule has 0 aliphatic heterocycles. The van der Waals surface area contributed by atoms with Gasteiger partial charge in [0.2, 0.25) is 0 Å². The number of benzene rings is 1. The van der Waals surface area contributed by atoms with E-state index in [1.807, 2.05) is 0 Å². The molecule has 3 nitrogen and oxygen atoms in total. The van der Waals surface area contributed by atoms with Gasteiger partial charge in [-0.1, -0.05) is 47.7 Å². The fourth-order valence-corrected chi connectivity index (χ4v) is 2.60. The third kappa shape index (κ3) is 3.15. The first kappa shape index (κ1) is 13.2. The van der Waals surface area contributed by atoms with Crippen molar-refractivity contribution in [2.24, 2.45) is 0 Å². The summed E-state index contributed by atoms with van der Waals surface area (Å²) in [4.78, 5) is 0.914. The van der Waals surface area contributed by atoms with Crippen LogP contribution in [0.5, 0.6) is 0 Å². The number of hydrogen-bond donors (Lipinski definition) is 1. The molecule has 0 bridgehead atoms. The highest BCUT2D eigenvalue weighted by Gasteiger charge is 2.16. The third-order valence-corrected chi connectivity index (χ3v) is 3.79. The summed E-state index contributed by atoms with van der Waals surface area (Å²) in [5.74, 6) is 0. The van der Waals surface area contributed by atoms with Crippen LogP contribution in [0, 0.1) is 6.92 Å². The van der Waals surface area contributed by atoms with Crippen LogP contribution in [-0.4, -0.2) is 14.7 Å². The number of aliphatic hydroxyl groups excluding tert-OH is 1. The minimum absolute atomic E-state index is 0.491. The molecule has 0 fully saturated rings. The van der Waals surface area contributed by atoms with Gasteiger partial charge in [0.1, 0.15) is 0 Å². The second-order valence-electron chi connectivity index (χ2n) is 4.54. The van der Waals surface area contributed by atoms with Gasteiger partial charge in [-0.25, -0.2) is 0 Å². The van der Waals surface area contributed by atoms with Crippen LogP contribution in [0.3, 0.4) is 0 Å². The van der Waals surface area contributed by atoms with Crippen LogP contribution in [0.25, 0.3) is 0 Å². The quantitative estimate of drug-likeness (QED) is 0.900. The molecule has 1 N–H and O–H groups in total. The molecule has 0 spiro atoms. The first-order valence-electron chi connectivity index (χ1n) is 6.25. The lowest BCUT2D eigenvalue weighted by molar-refractivity contribution is 0.181. The lowest BCUT2D eigenvalue weighted by Gasteiger charge is -2.09. The number of aromatic nitrogens is 2. The fraction of sp³-hybridized carbons (Fsp3) is 0.429. The van der Waals surface area contributed by atoms with Crippen molar-refractivity contribution in [2.75, 3.05) is 0 Å². The molecule has 0 aliphatic rings. The average Bonchev–Trinajstić information content (AvgIpc) is 2.81. The Kier molecular flexibility index (Phi) is 4.44. The molecule has 1 aromatic heterocycles. The standard InChI is InChI=1S/C14H18N2OS/c1-3-4-12-14(18-16-15-12)13(17)9-11-7-5-10(2)6-8-11/h5-8,13,17H,3-4,9H2,1-2H3. The first-order chi connectivity index (χ1) is 8.70. The molecule has 0 amide bonds. The second-order valence-corrected chi connectivity index (χ2v) is 5.33. The first-order valence-corrected chi connectivity index (χ1v) is 7.02. The van der Waals surface area contributed by atoms with Gasteiger partial charge in [0.25, 0.3) is 0 Å². The van der Waals surface area contributed by atoms with Gasteiger partial charge >= 0.3 is 0 Å². The zero-order valence-corrected chi connectivity index (χ0v) is 11.6. The topological polar surface area (TPSA) is 46.0 Å². The Balaban J connectivity index is 2.09. The van der Waals surface area contributed by atoms with E-state index in [1.165, 1.54) is 17.1 Å². The fourth-order valence-electron chi connectivity index (χ4n) is 1.92. The summed E-state index contributed by atoms with van der Waals surface area (Å²) in [6, 6.07) is 8.26. The van der Waals surface area contributed by atoms with Crippen molar-refractivity contribution in [1.82, 2.24) is 9.59 Å². The summed E-state index contributed by atoms with van der Waals surface area (Å²) < 4.78 is 3.95. The molecule has 18 heavy (non-hydrogen) atoms. The van der Waals surface area contributed by atoms with E-state index in [0.717, 1.165) is 29.0 Å². The van der Waals surface area contributed by atoms with Crippen molar-refractivity contribution >= 4 is 11.5 Å². The molecule has 1 aromatic carbocycles. The molecule has 0 saturated heterocycles. The van der Waals surface area contributed by atoms with Gasteiger partial charge < -0.3 is 5.11 Å². The maximum Gasteiger partial charge on any atom is 0.0957 e. The monoisotopic (exact) mass is 262 g/mol. The molecule has 1 heterocycles. The van der Waals surface area contributed by atoms with Crippen molar-refractivity contribution in [3.8, 4) is 0 Å². The van der Waals surface area contributed by atoms with Crippen LogP contribution in [0.4, 0.5) is 0 Å². The molecular weight excluding hydrogens is 244 g/mol. The van der Waals surface area contributed by atoms with E-state index in [4.69, 9.17) is 0 Å². The van der Waals surface area contributed by atoms with Gasteiger partial charge in [0, 0.05) is 6.42 Å². The van der Waals surface area contributed by atoms with E-state index >= 15 is 0 Å². The third-order valence-electron chi connectivity index (χ3n) is 2.92. The molecule has 96 valence electrons. The Morgan fingerprint density at radius 1 is 1.28 bits per heavy atom. The summed E-state index contributed by atoms with van der Waals surface area (Å²) in [5, 5.41) is 14.4. The summed E-state index contributed by atoms with van der Waals surface area (Å²) in [6.07, 6.45) is 2.04. The molecule has 2 aromatic rings. The Hall–Kier alpha value is -1.26. The Morgan fingerprint density at radius 3 is 2.67 bits per heavy atom. The summed E-state index contributed by atoms with van der Waals surface area (Å²) >= 11 is 1.31. The largest absolute Gasteiger partial charge is 0.387 e. The van der Waals surface area contributed by atoms with Crippen molar-refractivity contribution in [3.05, 3.63) is 46.0 Å². The minimum Gasteiger partial charge on any atom is -0.387 e. The molecule has 2 rings (SSSR count). The number of rotatable bonds is 5. The SMILES string of the molecule is CCCc1nnsc1C(O)Cc1ccc(C)cc1. The van der Waals surface area contributed by atoms with Gasteiger partial charge in [-0.15, -0.1) is 5.10 Å². The Bertz CT molecular complexity index is 493. The van der Waals surface area contributed by atoms with Gasteiger partial charge in [-0.2, -0.15) is 0 Å². The van der Waals surface area contributed by atoms with Gasteiger partial charge in [0.15, 0.2) is 0 Å². The van der Waals surface area contributed by atoms with Crippen LogP contribution in [0.15, 0.2) is 24.3 Å². The molecule has 1 atom stereocenters. The molecule has 1 unspecified atom stereocenters. The van der Waals surface area contributed by atoms with Crippen LogP contribution < -0.4 is 0 Å². The highest BCUT2D eigenvalue weighted by atomic mass is 32.1. The van der Waals surface area contributed by atoms with Crippen molar-refractivity contribution in [3.63, 3.8) is 0 Å². The zero-order valence-electron chi connectivity index (χ0n) is 10.8. The van der Waals surface area contributed by atoms with Crippen molar-refractivity contribution in [2.45, 2.75) is 39.2 Å². The average molecular weight is 262 g/mol. The number of nitrogens with zero attached hydrogens (tertiary/aromatic N) is 2. The summed E-state index contributed by atoms with van der Waals surface area (Å²) in [5.41, 5.74) is 3.32. The highest BCUT2D eigenvalue weighted by molar-refractivity contribution is 7.05. The maximum atomic E-state index is 10.3. The summed E-state index contributed by atoms with van der Waals surface area (Å²) in [7, 11) is 0. The second kappa shape index (κ2) is 6.07. The molecule has 0 aliphatic carbocycles. The van der Waals surface area contributed by atoms with Crippen molar-refractivity contribution in [1.29, 1.82) is 0 Å². The Labute approximate surface area is 112 Å². The summed E-state index contributed by atoms with van der Waals surface area (Å²) in [6.45, 7) is 4.17. The maximum absolute atomic E-state index is 10.3. The van der Waals surface area contributed by atoms with E-state index in [2.05, 4.69) is 47.7 Å². The lowest BCUT2D eigenvalue weighted by Crippen LogP contribution is -2.03. The number of aryl methyl sites for hydroxylation is 2. The van der Waals surface area contributed by atoms with Gasteiger partial charge in [-0.3, -0.25) is 0 Å². The van der Waals surface area contributed by atoms with E-state index in [9.17, 15) is 5.11 Å². The van der Waals surface area contributed by atoms with Crippen molar-refractivity contribution < 1.29 is 5.11 Å². The normalized spacial score (nSPS) is 12.6. The molecule has 0 saturated carbocycles. The minimum atomic E-state index is -0.491. The molecular formula is C14H18N2OS. The van der Waals surface area contributed by atoms with E-state index in [1.54, 1.807) is 0 Å². The lowest BCUT2D eigenvalue weighted by atomic mass is 10.0. The smallest absolute Gasteiger partial charge is 0.0957 e. The Morgan fingerprint density at radius 2 is 2.00 bits per heavy atom. The van der Waals surface area contributed by atoms with E-state index in [0.29, 0.717) is 6.42 Å². The van der Waals surface area contributed by atoms with Crippen LogP contribution >= 0.6 is 11.5 Å². The van der Waals surface area contributed by atoms with Gasteiger partial charge in [-0.05, 0) is 30.4 Å². The van der Waals surface area contributed by atoms with Crippen LogP contribution in [-0.2, 0) is 12.8 Å². The predicted octanol–water partition coefficient (Wildman–Crippen LogP) is 3.08.